The van der Waals surface area contributed by atoms with Gasteiger partial charge in [0.15, 0.2) is 0 Å². The van der Waals surface area contributed by atoms with Crippen molar-refractivity contribution in [1.29, 1.82) is 0 Å². The lowest BCUT2D eigenvalue weighted by molar-refractivity contribution is 0.0208. The van der Waals surface area contributed by atoms with Gasteiger partial charge in [0.1, 0.15) is 22.9 Å². The second-order valence-electron chi connectivity index (χ2n) is 15.3. The van der Waals surface area contributed by atoms with Crippen LogP contribution >= 0.6 is 0 Å². The van der Waals surface area contributed by atoms with E-state index in [-0.39, 0.29) is 30.2 Å². The van der Waals surface area contributed by atoms with Gasteiger partial charge in [-0.1, -0.05) is 18.2 Å². The smallest absolute Gasteiger partial charge is 0.410 e. The number of nitrogens with zero attached hydrogens (tertiary/aromatic N) is 5. The minimum absolute atomic E-state index is 0.0455. The molecule has 0 saturated carbocycles. The topological polar surface area (TPSA) is 137 Å². The number of aromatic nitrogens is 4. The van der Waals surface area contributed by atoms with Gasteiger partial charge in [0.25, 0.3) is 5.91 Å². The number of hydrogen-bond donors (Lipinski definition) is 2. The van der Waals surface area contributed by atoms with Crippen LogP contribution in [0.1, 0.15) is 107 Å². The summed E-state index contributed by atoms with van der Waals surface area (Å²) in [5.74, 6) is 1.42. The molecule has 0 radical (unpaired) electrons. The predicted octanol–water partition coefficient (Wildman–Crippen LogP) is 7.77. The highest BCUT2D eigenvalue weighted by molar-refractivity contribution is 6.10. The number of carbonyl (C=O) groups is 3. The molecular formula is C38H45N7O5. The van der Waals surface area contributed by atoms with Crippen LogP contribution in [0.5, 0.6) is 0 Å². The van der Waals surface area contributed by atoms with Crippen LogP contribution in [0.2, 0.25) is 0 Å². The molecule has 0 aliphatic carbocycles. The third kappa shape index (κ3) is 6.71. The van der Waals surface area contributed by atoms with Gasteiger partial charge < -0.3 is 24.3 Å². The number of amides is 3. The van der Waals surface area contributed by atoms with Crippen LogP contribution in [0, 0.1) is 0 Å². The van der Waals surface area contributed by atoms with Crippen molar-refractivity contribution >= 4 is 23.8 Å². The molecule has 1 unspecified atom stereocenters. The second kappa shape index (κ2) is 12.6. The highest BCUT2D eigenvalue weighted by atomic mass is 16.6. The number of H-pyrrole nitrogens is 2. The van der Waals surface area contributed by atoms with E-state index in [4.69, 9.17) is 9.47 Å². The summed E-state index contributed by atoms with van der Waals surface area (Å²) < 4.78 is 11.3. The van der Waals surface area contributed by atoms with E-state index in [1.807, 2.05) is 84.0 Å². The summed E-state index contributed by atoms with van der Waals surface area (Å²) in [5.41, 5.74) is 4.82. The van der Waals surface area contributed by atoms with Gasteiger partial charge in [0, 0.05) is 24.3 Å². The van der Waals surface area contributed by atoms with Crippen LogP contribution in [-0.4, -0.2) is 72.1 Å². The van der Waals surface area contributed by atoms with Crippen LogP contribution in [0.4, 0.5) is 15.3 Å². The Morgan fingerprint density at radius 2 is 1.24 bits per heavy atom. The number of hydrogen-bond acceptors (Lipinski definition) is 7. The molecule has 2 fully saturated rings. The van der Waals surface area contributed by atoms with Crippen molar-refractivity contribution in [3.63, 3.8) is 0 Å². The summed E-state index contributed by atoms with van der Waals surface area (Å²) in [4.78, 5) is 60.5. The van der Waals surface area contributed by atoms with E-state index < -0.39 is 11.2 Å². The van der Waals surface area contributed by atoms with Crippen LogP contribution < -0.4 is 4.90 Å². The second-order valence-corrected chi connectivity index (χ2v) is 15.3. The first kappa shape index (κ1) is 33.4. The van der Waals surface area contributed by atoms with Crippen molar-refractivity contribution in [3.8, 4) is 22.5 Å². The summed E-state index contributed by atoms with van der Waals surface area (Å²) in [6, 6.07) is 13.4. The average Bonchev–Trinajstić information content (AvgIpc) is 3.89. The SMILES string of the molecule is CC(C)(C)OC(=O)N1CCCC1c1ncc(-c2ccc(N3Cc4cc(-c5cnc([C@@H]6CCCN6C(=O)OC(C)(C)C)[nH]5)ccc4C3=O)cc2)[nH]1. The maximum atomic E-state index is 13.5. The fourth-order valence-electron chi connectivity index (χ4n) is 7.00. The molecule has 2 aromatic carbocycles. The lowest BCUT2D eigenvalue weighted by atomic mass is 10.0. The van der Waals surface area contributed by atoms with Crippen LogP contribution in [-0.2, 0) is 16.0 Å². The third-order valence-electron chi connectivity index (χ3n) is 9.29. The number of carbonyl (C=O) groups excluding carboxylic acids is 3. The van der Waals surface area contributed by atoms with Crippen molar-refractivity contribution in [1.82, 2.24) is 29.7 Å². The largest absolute Gasteiger partial charge is 0.444 e. The Kier molecular flexibility index (Phi) is 8.44. The molecule has 50 heavy (non-hydrogen) atoms. The van der Waals surface area contributed by atoms with E-state index in [0.717, 1.165) is 71.1 Å². The van der Waals surface area contributed by atoms with Gasteiger partial charge >= 0.3 is 12.2 Å². The Bertz CT molecular complexity index is 1920. The van der Waals surface area contributed by atoms with E-state index in [2.05, 4.69) is 19.9 Å². The fraction of sp³-hybridized carbons (Fsp3) is 0.447. The van der Waals surface area contributed by atoms with Crippen molar-refractivity contribution in [2.24, 2.45) is 0 Å². The van der Waals surface area contributed by atoms with E-state index in [0.29, 0.717) is 25.2 Å². The summed E-state index contributed by atoms with van der Waals surface area (Å²) in [6.07, 6.45) is 6.33. The lowest BCUT2D eigenvalue weighted by Gasteiger charge is -2.27. The normalized spacial score (nSPS) is 19.3. The van der Waals surface area contributed by atoms with Crippen LogP contribution in [0.3, 0.4) is 0 Å². The van der Waals surface area contributed by atoms with Crippen molar-refractivity contribution < 1.29 is 23.9 Å². The number of ether oxygens (including phenoxy) is 2. The molecule has 0 spiro atoms. The number of imidazole rings is 2. The molecule has 3 aliphatic heterocycles. The molecular weight excluding hydrogens is 634 g/mol. The number of benzene rings is 2. The fourth-order valence-corrected chi connectivity index (χ4v) is 7.00. The monoisotopic (exact) mass is 679 g/mol. The minimum Gasteiger partial charge on any atom is -0.444 e. The van der Waals surface area contributed by atoms with Gasteiger partial charge in [0.05, 0.1) is 42.4 Å². The number of rotatable bonds is 5. The first-order valence-corrected chi connectivity index (χ1v) is 17.4. The van der Waals surface area contributed by atoms with Crippen molar-refractivity contribution in [2.75, 3.05) is 18.0 Å². The highest BCUT2D eigenvalue weighted by Crippen LogP contribution is 2.36. The Morgan fingerprint density at radius 3 is 1.76 bits per heavy atom. The standard InChI is InChI=1S/C38H45N7O5/c1-37(2,3)49-35(47)43-17-7-9-30(43)32-39-20-28(41-32)23-11-14-26(15-12-23)45-22-25-19-24(13-16-27(25)34(45)46)29-21-40-33(42-29)31-10-8-18-44(31)36(48)50-38(4,5)6/h11-16,19-21,30-31H,7-10,17-18,22H2,1-6H3,(H,39,41)(H,40,42)/t30?,31-/m0/s1. The van der Waals surface area contributed by atoms with E-state index in [1.165, 1.54) is 0 Å². The van der Waals surface area contributed by atoms with Crippen LogP contribution in [0.15, 0.2) is 54.9 Å². The Morgan fingerprint density at radius 1 is 0.740 bits per heavy atom. The number of aromatic amines is 2. The summed E-state index contributed by atoms with van der Waals surface area (Å²) in [6.45, 7) is 12.9. The number of likely N-dealkylation sites (tertiary alicyclic amines) is 2. The number of anilines is 1. The first-order valence-electron chi connectivity index (χ1n) is 17.4. The molecule has 3 amide bonds. The Hall–Kier alpha value is -5.13. The molecule has 2 N–H and O–H groups in total. The quantitative estimate of drug-likeness (QED) is 0.220. The Balaban J connectivity index is 1.02. The Labute approximate surface area is 292 Å². The minimum atomic E-state index is -0.566. The molecule has 2 atom stereocenters. The van der Waals surface area contributed by atoms with E-state index in [9.17, 15) is 14.4 Å². The third-order valence-corrected chi connectivity index (χ3v) is 9.29. The molecule has 12 nitrogen and oxygen atoms in total. The van der Waals surface area contributed by atoms with Gasteiger partial charge in [-0.15, -0.1) is 0 Å². The number of fused-ring (bicyclic) bond motifs is 1. The highest BCUT2D eigenvalue weighted by Gasteiger charge is 2.36. The zero-order valence-electron chi connectivity index (χ0n) is 29.6. The maximum absolute atomic E-state index is 13.5. The zero-order valence-corrected chi connectivity index (χ0v) is 29.6. The van der Waals surface area contributed by atoms with Crippen molar-refractivity contribution in [2.45, 2.75) is 97.1 Å². The van der Waals surface area contributed by atoms with Gasteiger partial charge in [-0.25, -0.2) is 19.6 Å². The van der Waals surface area contributed by atoms with E-state index >= 15 is 0 Å². The van der Waals surface area contributed by atoms with Gasteiger partial charge in [-0.3, -0.25) is 14.6 Å². The molecule has 262 valence electrons. The average molecular weight is 680 g/mol. The first-order chi connectivity index (χ1) is 23.7. The lowest BCUT2D eigenvalue weighted by Crippen LogP contribution is -2.36. The van der Waals surface area contributed by atoms with E-state index in [1.54, 1.807) is 27.1 Å². The van der Waals surface area contributed by atoms with Crippen LogP contribution in [0.25, 0.3) is 22.5 Å². The molecule has 3 aliphatic rings. The molecule has 12 heteroatoms. The zero-order chi connectivity index (χ0) is 35.4. The number of nitrogens with one attached hydrogen (secondary N) is 2. The molecule has 2 saturated heterocycles. The van der Waals surface area contributed by atoms with Gasteiger partial charge in [-0.05, 0) is 108 Å². The molecule has 0 bridgehead atoms. The predicted molar refractivity (Wildman–Crippen MR) is 188 cm³/mol. The molecule has 4 aromatic rings. The van der Waals surface area contributed by atoms with Crippen molar-refractivity contribution in [3.05, 3.63) is 77.6 Å². The van der Waals surface area contributed by atoms with Gasteiger partial charge in [0.2, 0.25) is 0 Å². The summed E-state index contributed by atoms with van der Waals surface area (Å²) in [5, 5.41) is 0. The summed E-state index contributed by atoms with van der Waals surface area (Å²) in [7, 11) is 0. The molecule has 5 heterocycles. The summed E-state index contributed by atoms with van der Waals surface area (Å²) >= 11 is 0. The molecule has 7 rings (SSSR count). The van der Waals surface area contributed by atoms with Gasteiger partial charge in [-0.2, -0.15) is 0 Å². The molecule has 2 aromatic heterocycles. The maximum Gasteiger partial charge on any atom is 0.410 e.